The molecule has 11 nitrogen and oxygen atoms in total. The van der Waals surface area contributed by atoms with Crippen LogP contribution in [-0.2, 0) is 14.2 Å². The van der Waals surface area contributed by atoms with Gasteiger partial charge < -0.3 is 55.1 Å². The zero-order chi connectivity index (χ0) is 17.3. The van der Waals surface area contributed by atoms with Crippen molar-refractivity contribution >= 4 is 0 Å². The topological polar surface area (TPSA) is 190 Å². The third-order valence-corrected chi connectivity index (χ3v) is 3.92. The van der Waals surface area contributed by atoms with Crippen LogP contribution in [0.4, 0.5) is 0 Å². The van der Waals surface area contributed by atoms with E-state index in [1.807, 2.05) is 0 Å². The molecule has 0 bridgehead atoms. The summed E-state index contributed by atoms with van der Waals surface area (Å²) in [4.78, 5) is 0. The van der Waals surface area contributed by atoms with Gasteiger partial charge in [0.1, 0.15) is 48.8 Å². The van der Waals surface area contributed by atoms with Crippen molar-refractivity contribution in [2.75, 3.05) is 13.2 Å². The molecule has 2 fully saturated rings. The highest BCUT2D eigenvalue weighted by atomic mass is 16.7. The Bertz CT molecular complexity index is 348. The van der Waals surface area contributed by atoms with E-state index in [1.165, 1.54) is 0 Å². The molecule has 2 saturated heterocycles. The molecule has 0 radical (unpaired) electrons. The predicted octanol–water partition coefficient (Wildman–Crippen LogP) is -5.40. The second-order valence-electron chi connectivity index (χ2n) is 5.61. The minimum atomic E-state index is -1.79. The Labute approximate surface area is 130 Å². The molecule has 0 amide bonds. The molecule has 2 aliphatic rings. The third-order valence-electron chi connectivity index (χ3n) is 3.92. The molecule has 23 heavy (non-hydrogen) atoms. The van der Waals surface area contributed by atoms with Crippen LogP contribution in [0.5, 0.6) is 0 Å². The maximum absolute atomic E-state index is 9.94. The molecule has 0 aliphatic carbocycles. The zero-order valence-electron chi connectivity index (χ0n) is 12.0. The molecule has 0 aromatic heterocycles. The van der Waals surface area contributed by atoms with E-state index in [0.717, 1.165) is 0 Å². The van der Waals surface area contributed by atoms with Gasteiger partial charge in [0.15, 0.2) is 12.6 Å². The molecule has 2 rings (SSSR count). The number of hydrogen-bond acceptors (Lipinski definition) is 11. The molecule has 2 aliphatic heterocycles. The van der Waals surface area contributed by atoms with Crippen molar-refractivity contribution in [1.29, 1.82) is 0 Å². The van der Waals surface area contributed by atoms with E-state index in [9.17, 15) is 40.9 Å². The van der Waals surface area contributed by atoms with Gasteiger partial charge >= 0.3 is 0 Å². The second kappa shape index (κ2) is 7.63. The van der Waals surface area contributed by atoms with Crippen molar-refractivity contribution in [3.05, 3.63) is 0 Å². The Morgan fingerprint density at radius 3 is 1.87 bits per heavy atom. The van der Waals surface area contributed by atoms with Crippen molar-refractivity contribution in [2.45, 2.75) is 61.4 Å². The van der Waals surface area contributed by atoms with Crippen LogP contribution in [0.15, 0.2) is 0 Å². The lowest BCUT2D eigenvalue weighted by atomic mass is 10.0. The van der Waals surface area contributed by atoms with E-state index >= 15 is 0 Å². The van der Waals surface area contributed by atoms with Gasteiger partial charge in [0.25, 0.3) is 0 Å². The van der Waals surface area contributed by atoms with E-state index in [2.05, 4.69) is 0 Å². The van der Waals surface area contributed by atoms with Crippen molar-refractivity contribution in [2.24, 2.45) is 0 Å². The molecule has 0 saturated carbocycles. The summed E-state index contributed by atoms with van der Waals surface area (Å²) in [7, 11) is 0. The lowest BCUT2D eigenvalue weighted by Gasteiger charge is -2.31. The number of rotatable bonds is 2. The van der Waals surface area contributed by atoms with Crippen LogP contribution in [-0.4, -0.2) is 115 Å². The quantitative estimate of drug-likeness (QED) is 0.239. The lowest BCUT2D eigenvalue weighted by Crippen LogP contribution is -2.51. The Hall–Kier alpha value is -0.440. The number of aliphatic hydroxyl groups excluding tert-OH is 8. The maximum Gasteiger partial charge on any atom is 0.186 e. The highest BCUT2D eigenvalue weighted by molar-refractivity contribution is 4.90. The summed E-state index contributed by atoms with van der Waals surface area (Å²) in [5.74, 6) is 0. The Kier molecular flexibility index (Phi) is 6.27. The van der Waals surface area contributed by atoms with Gasteiger partial charge in [0.2, 0.25) is 0 Å². The fraction of sp³-hybridized carbons (Fsp3) is 1.00. The van der Waals surface area contributed by atoms with Crippen molar-refractivity contribution < 1.29 is 55.1 Å². The Balaban J connectivity index is 2.07. The second-order valence-corrected chi connectivity index (χ2v) is 5.61. The van der Waals surface area contributed by atoms with Crippen molar-refractivity contribution in [3.8, 4) is 0 Å². The minimum absolute atomic E-state index is 0.454. The van der Waals surface area contributed by atoms with Crippen molar-refractivity contribution in [1.82, 2.24) is 0 Å². The molecule has 2 heterocycles. The first-order valence-corrected chi connectivity index (χ1v) is 7.07. The van der Waals surface area contributed by atoms with E-state index < -0.39 is 74.6 Å². The van der Waals surface area contributed by atoms with E-state index in [-0.39, 0.29) is 0 Å². The van der Waals surface area contributed by atoms with Gasteiger partial charge in [-0.05, 0) is 0 Å². The van der Waals surface area contributed by atoms with E-state index in [4.69, 9.17) is 14.2 Å². The van der Waals surface area contributed by atoms with Crippen LogP contribution in [0.3, 0.4) is 0 Å². The number of hydrogen-bond donors (Lipinski definition) is 8. The minimum Gasteiger partial charge on any atom is -0.388 e. The summed E-state index contributed by atoms with van der Waals surface area (Å²) >= 11 is 0. The fourth-order valence-electron chi connectivity index (χ4n) is 2.37. The van der Waals surface area contributed by atoms with Gasteiger partial charge in [0.05, 0.1) is 13.2 Å². The zero-order valence-corrected chi connectivity index (χ0v) is 12.0. The average molecular weight is 342 g/mol. The monoisotopic (exact) mass is 342 g/mol. The number of ether oxygens (including phenoxy) is 3. The van der Waals surface area contributed by atoms with Gasteiger partial charge in [0, 0.05) is 0 Å². The predicted molar refractivity (Wildman–Crippen MR) is 68.6 cm³/mol. The molecule has 8 N–H and O–H groups in total. The summed E-state index contributed by atoms with van der Waals surface area (Å²) in [6, 6.07) is 0. The molecular weight excluding hydrogens is 320 g/mol. The van der Waals surface area contributed by atoms with Gasteiger partial charge in [-0.3, -0.25) is 0 Å². The standard InChI is InChI=1S/C12H22O11/c13-3-1-22-12(10(19)7(16)5(3)14)23-4-2-21-11(20)9(18)8(17)6(4)15/h3-20H,1-2H2/t3-,4-,5-,6-,7?,8?,9?,10?,11+,12-/m1/s1. The third kappa shape index (κ3) is 3.97. The van der Waals surface area contributed by atoms with Crippen LogP contribution < -0.4 is 0 Å². The van der Waals surface area contributed by atoms with Gasteiger partial charge in [-0.2, -0.15) is 0 Å². The van der Waals surface area contributed by atoms with Crippen LogP contribution in [0.25, 0.3) is 0 Å². The maximum atomic E-state index is 9.94. The normalized spacial score (nSPS) is 52.7. The SMILES string of the molecule is OC1C(O)[C@H](O)[C@H](O)CO[C@@H]1O[C@@H]1CO[C@H](O)C(O)C(O)[C@@H]1O. The molecule has 0 aromatic rings. The van der Waals surface area contributed by atoms with Crippen molar-refractivity contribution in [3.63, 3.8) is 0 Å². The average Bonchev–Trinajstić information content (AvgIpc) is 2.68. The van der Waals surface area contributed by atoms with Crippen LogP contribution in [0.2, 0.25) is 0 Å². The van der Waals surface area contributed by atoms with Crippen LogP contribution >= 0.6 is 0 Å². The highest BCUT2D eigenvalue weighted by Crippen LogP contribution is 2.23. The molecule has 11 heteroatoms. The van der Waals surface area contributed by atoms with Gasteiger partial charge in [-0.25, -0.2) is 0 Å². The first kappa shape index (κ1) is 18.9. The summed E-state index contributed by atoms with van der Waals surface area (Å²) in [5, 5.41) is 77.2. The van der Waals surface area contributed by atoms with Crippen LogP contribution in [0, 0.1) is 0 Å². The Morgan fingerprint density at radius 2 is 1.22 bits per heavy atom. The fourth-order valence-corrected chi connectivity index (χ4v) is 2.37. The summed E-state index contributed by atoms with van der Waals surface area (Å²) in [6.45, 7) is -0.915. The number of aliphatic hydroxyl groups is 8. The first-order valence-electron chi connectivity index (χ1n) is 7.07. The molecule has 10 atom stereocenters. The molecule has 0 spiro atoms. The molecular formula is C12H22O11. The first-order chi connectivity index (χ1) is 10.7. The summed E-state index contributed by atoms with van der Waals surface area (Å²) in [6.07, 6.45) is -16.5. The van der Waals surface area contributed by atoms with Gasteiger partial charge in [-0.1, -0.05) is 0 Å². The largest absolute Gasteiger partial charge is 0.388 e. The molecule has 136 valence electrons. The molecule has 0 aromatic carbocycles. The summed E-state index contributed by atoms with van der Waals surface area (Å²) < 4.78 is 15.1. The highest BCUT2D eigenvalue weighted by Gasteiger charge is 2.45. The van der Waals surface area contributed by atoms with E-state index in [1.54, 1.807) is 0 Å². The summed E-state index contributed by atoms with van der Waals surface area (Å²) in [5.41, 5.74) is 0. The van der Waals surface area contributed by atoms with E-state index in [0.29, 0.717) is 0 Å². The van der Waals surface area contributed by atoms with Gasteiger partial charge in [-0.15, -0.1) is 0 Å². The smallest absolute Gasteiger partial charge is 0.186 e. The molecule has 4 unspecified atom stereocenters. The Morgan fingerprint density at radius 1 is 0.609 bits per heavy atom. The lowest BCUT2D eigenvalue weighted by molar-refractivity contribution is -0.253. The van der Waals surface area contributed by atoms with Crippen LogP contribution in [0.1, 0.15) is 0 Å².